The Morgan fingerprint density at radius 1 is 1.10 bits per heavy atom. The lowest BCUT2D eigenvalue weighted by molar-refractivity contribution is -0.265. The minimum atomic E-state index is -5.28. The molecule has 2 heterocycles. The zero-order valence-corrected chi connectivity index (χ0v) is 22.4. The monoisotopic (exact) mass is 597 g/mol. The lowest BCUT2D eigenvalue weighted by atomic mass is 9.96. The van der Waals surface area contributed by atoms with E-state index in [1.54, 1.807) is 0 Å². The molecule has 1 fully saturated rings. The Morgan fingerprint density at radius 3 is 2.41 bits per heavy atom. The number of hydrogen-bond donors (Lipinski definition) is 3. The van der Waals surface area contributed by atoms with E-state index in [1.807, 2.05) is 0 Å². The molecule has 0 saturated carbocycles. The van der Waals surface area contributed by atoms with Crippen molar-refractivity contribution >= 4 is 23.4 Å². The fourth-order valence-corrected chi connectivity index (χ4v) is 4.26. The molecular weight excluding hydrogens is 574 g/mol. The van der Waals surface area contributed by atoms with Gasteiger partial charge >= 0.3 is 6.18 Å². The zero-order valence-electron chi connectivity index (χ0n) is 21.6. The molecule has 3 N–H and O–H groups in total. The van der Waals surface area contributed by atoms with Crippen LogP contribution in [0.15, 0.2) is 48.5 Å². The molecule has 2 aromatic carbocycles. The number of nitrogens with one attached hydrogen (secondary N) is 2. The van der Waals surface area contributed by atoms with Crippen LogP contribution in [-0.4, -0.2) is 61.5 Å². The Bertz CT molecular complexity index is 1470. The van der Waals surface area contributed by atoms with Crippen molar-refractivity contribution in [2.45, 2.75) is 24.3 Å². The van der Waals surface area contributed by atoms with Crippen molar-refractivity contribution in [3.8, 4) is 28.5 Å². The minimum Gasteiger partial charge on any atom is -0.494 e. The van der Waals surface area contributed by atoms with Gasteiger partial charge in [0.25, 0.3) is 11.8 Å². The van der Waals surface area contributed by atoms with E-state index in [9.17, 15) is 32.3 Å². The van der Waals surface area contributed by atoms with Crippen molar-refractivity contribution in [3.63, 3.8) is 0 Å². The number of carbonyl (C=O) groups excluding carboxylic acids is 2. The highest BCUT2D eigenvalue weighted by atomic mass is 35.5. The van der Waals surface area contributed by atoms with Crippen molar-refractivity contribution in [3.05, 3.63) is 70.6 Å². The summed E-state index contributed by atoms with van der Waals surface area (Å²) in [5.41, 5.74) is -4.59. The van der Waals surface area contributed by atoms with Crippen molar-refractivity contribution in [2.75, 3.05) is 27.3 Å². The standard InChI is InChI=1S/C27H24ClF4N3O6/c1-39-19-7-8-22(35-23(19)14-3-5-17(29)16(28)11-14)26(38,27(30,31)32)13-34-24(36)15-4-6-18(21(12-15)40-2)41-20-9-10-33-25(20)37/h3-8,11-12,20,38H,9-10,13H2,1-2H3,(H,33,37)(H,34,36). The Labute approximate surface area is 236 Å². The Morgan fingerprint density at radius 2 is 1.80 bits per heavy atom. The van der Waals surface area contributed by atoms with E-state index in [1.165, 1.54) is 38.5 Å². The molecule has 1 aromatic heterocycles. The highest BCUT2D eigenvalue weighted by Gasteiger charge is 2.56. The van der Waals surface area contributed by atoms with E-state index < -0.39 is 41.8 Å². The van der Waals surface area contributed by atoms with E-state index in [0.717, 1.165) is 24.3 Å². The van der Waals surface area contributed by atoms with Crippen LogP contribution >= 0.6 is 11.6 Å². The second-order valence-corrected chi connectivity index (χ2v) is 9.38. The van der Waals surface area contributed by atoms with Gasteiger partial charge in [-0.25, -0.2) is 9.37 Å². The van der Waals surface area contributed by atoms with Gasteiger partial charge in [0.1, 0.15) is 17.3 Å². The Kier molecular flexibility index (Phi) is 8.59. The molecule has 3 aromatic rings. The molecule has 0 spiro atoms. The van der Waals surface area contributed by atoms with Crippen LogP contribution in [0.25, 0.3) is 11.3 Å². The molecule has 2 atom stereocenters. The summed E-state index contributed by atoms with van der Waals surface area (Å²) in [5, 5.41) is 15.3. The fraction of sp³-hybridized carbons (Fsp3) is 0.296. The second kappa shape index (κ2) is 11.8. The number of aromatic nitrogens is 1. The number of benzene rings is 2. The molecule has 2 amide bonds. The summed E-state index contributed by atoms with van der Waals surface area (Å²) in [6.07, 6.45) is -5.61. The first kappa shape index (κ1) is 29.9. The molecule has 14 heteroatoms. The topological polar surface area (TPSA) is 119 Å². The van der Waals surface area contributed by atoms with Gasteiger partial charge in [-0.05, 0) is 48.5 Å². The summed E-state index contributed by atoms with van der Waals surface area (Å²) in [5.74, 6) is -1.75. The van der Waals surface area contributed by atoms with Crippen LogP contribution in [0.2, 0.25) is 5.02 Å². The largest absolute Gasteiger partial charge is 0.494 e. The molecule has 1 aliphatic rings. The average molecular weight is 598 g/mol. The number of methoxy groups -OCH3 is 2. The van der Waals surface area contributed by atoms with Crippen molar-refractivity contribution < 1.29 is 46.5 Å². The smallest absolute Gasteiger partial charge is 0.424 e. The van der Waals surface area contributed by atoms with Gasteiger partial charge in [0, 0.05) is 24.1 Å². The zero-order chi connectivity index (χ0) is 29.9. The number of amides is 2. The van der Waals surface area contributed by atoms with Gasteiger partial charge in [0.15, 0.2) is 17.6 Å². The number of hydrogen-bond acceptors (Lipinski definition) is 7. The number of halogens is 5. The van der Waals surface area contributed by atoms with E-state index in [2.05, 4.69) is 15.6 Å². The lowest BCUT2D eigenvalue weighted by Gasteiger charge is -2.30. The lowest BCUT2D eigenvalue weighted by Crippen LogP contribution is -2.51. The Balaban J connectivity index is 1.60. The number of aliphatic hydroxyl groups is 1. The number of alkyl halides is 3. The predicted molar refractivity (Wildman–Crippen MR) is 139 cm³/mol. The normalized spacial score (nSPS) is 16.5. The summed E-state index contributed by atoms with van der Waals surface area (Å²) < 4.78 is 72.5. The van der Waals surface area contributed by atoms with Gasteiger partial charge in [-0.1, -0.05) is 11.6 Å². The van der Waals surface area contributed by atoms with Crippen LogP contribution < -0.4 is 24.8 Å². The number of nitrogens with zero attached hydrogens (tertiary/aromatic N) is 1. The fourth-order valence-electron chi connectivity index (χ4n) is 4.08. The highest BCUT2D eigenvalue weighted by Crippen LogP contribution is 2.40. The van der Waals surface area contributed by atoms with E-state index in [0.29, 0.717) is 13.0 Å². The number of carbonyl (C=O) groups is 2. The third-order valence-corrected chi connectivity index (χ3v) is 6.65. The molecule has 9 nitrogen and oxygen atoms in total. The third kappa shape index (κ3) is 6.15. The SMILES string of the molecule is COc1cc(C(=O)NCC(O)(c2ccc(OC)c(-c3ccc(F)c(Cl)c3)n2)C(F)(F)F)ccc1OC1CCNC1=O. The molecular formula is C27H24ClF4N3O6. The van der Waals surface area contributed by atoms with E-state index >= 15 is 0 Å². The van der Waals surface area contributed by atoms with Gasteiger partial charge in [-0.15, -0.1) is 0 Å². The summed E-state index contributed by atoms with van der Waals surface area (Å²) in [7, 11) is 2.55. The maximum absolute atomic E-state index is 14.3. The average Bonchev–Trinajstić information content (AvgIpc) is 3.36. The maximum Gasteiger partial charge on any atom is 0.424 e. The van der Waals surface area contributed by atoms with Crippen molar-refractivity contribution in [2.24, 2.45) is 0 Å². The molecule has 41 heavy (non-hydrogen) atoms. The van der Waals surface area contributed by atoms with Gasteiger partial charge < -0.3 is 30.0 Å². The molecule has 0 radical (unpaired) electrons. The number of pyridine rings is 1. The van der Waals surface area contributed by atoms with E-state index in [-0.39, 0.29) is 45.0 Å². The van der Waals surface area contributed by atoms with Crippen LogP contribution in [0, 0.1) is 5.82 Å². The summed E-state index contributed by atoms with van der Waals surface area (Å²) in [6, 6.07) is 9.31. The Hall–Kier alpha value is -4.10. The van der Waals surface area contributed by atoms with Crippen LogP contribution in [0.3, 0.4) is 0 Å². The van der Waals surface area contributed by atoms with Gasteiger partial charge in [0.05, 0.1) is 31.5 Å². The molecule has 4 rings (SSSR count). The van der Waals surface area contributed by atoms with Crippen LogP contribution in [0.4, 0.5) is 17.6 Å². The summed E-state index contributed by atoms with van der Waals surface area (Å²) in [4.78, 5) is 28.6. The molecule has 2 unspecified atom stereocenters. The summed E-state index contributed by atoms with van der Waals surface area (Å²) in [6.45, 7) is -0.863. The van der Waals surface area contributed by atoms with Crippen LogP contribution in [-0.2, 0) is 10.4 Å². The highest BCUT2D eigenvalue weighted by molar-refractivity contribution is 6.31. The second-order valence-electron chi connectivity index (χ2n) is 8.97. The maximum atomic E-state index is 14.3. The number of ether oxygens (including phenoxy) is 3. The first-order valence-electron chi connectivity index (χ1n) is 12.1. The van der Waals surface area contributed by atoms with E-state index in [4.69, 9.17) is 25.8 Å². The quantitative estimate of drug-likeness (QED) is 0.319. The number of rotatable bonds is 9. The molecule has 1 aliphatic heterocycles. The molecule has 0 aliphatic carbocycles. The van der Waals surface area contributed by atoms with Gasteiger partial charge in [0.2, 0.25) is 5.60 Å². The predicted octanol–water partition coefficient (Wildman–Crippen LogP) is 4.01. The minimum absolute atomic E-state index is 0.0365. The molecule has 218 valence electrons. The van der Waals surface area contributed by atoms with Gasteiger partial charge in [-0.2, -0.15) is 13.2 Å². The first-order valence-corrected chi connectivity index (χ1v) is 12.5. The van der Waals surface area contributed by atoms with Crippen LogP contribution in [0.5, 0.6) is 17.2 Å². The first-order chi connectivity index (χ1) is 19.4. The van der Waals surface area contributed by atoms with Crippen molar-refractivity contribution in [1.29, 1.82) is 0 Å². The van der Waals surface area contributed by atoms with Gasteiger partial charge in [-0.3, -0.25) is 9.59 Å². The summed E-state index contributed by atoms with van der Waals surface area (Å²) >= 11 is 5.83. The van der Waals surface area contributed by atoms with Crippen molar-refractivity contribution in [1.82, 2.24) is 15.6 Å². The third-order valence-electron chi connectivity index (χ3n) is 6.36. The van der Waals surface area contributed by atoms with Crippen LogP contribution in [0.1, 0.15) is 22.5 Å². The molecule has 0 bridgehead atoms. The molecule has 1 saturated heterocycles.